The number of nitrogens with zero attached hydrogens (tertiary/aromatic N) is 1. The van der Waals surface area contributed by atoms with E-state index in [4.69, 9.17) is 11.6 Å². The van der Waals surface area contributed by atoms with Crippen LogP contribution in [0.25, 0.3) is 0 Å². The van der Waals surface area contributed by atoms with E-state index < -0.39 is 0 Å². The van der Waals surface area contributed by atoms with Crippen molar-refractivity contribution in [2.24, 2.45) is 0 Å². The minimum absolute atomic E-state index is 0.0811. The highest BCUT2D eigenvalue weighted by molar-refractivity contribution is 6.31. The van der Waals surface area contributed by atoms with Crippen LogP contribution in [-0.2, 0) is 0 Å². The van der Waals surface area contributed by atoms with Crippen LogP contribution in [0.4, 0.5) is 5.69 Å². The van der Waals surface area contributed by atoms with Gasteiger partial charge in [0.2, 0.25) is 0 Å². The third-order valence-electron chi connectivity index (χ3n) is 3.32. The summed E-state index contributed by atoms with van der Waals surface area (Å²) in [6.45, 7) is 5.26. The van der Waals surface area contributed by atoms with Crippen molar-refractivity contribution in [2.45, 2.75) is 13.8 Å². The summed E-state index contributed by atoms with van der Waals surface area (Å²) in [5, 5.41) is 0.592. The van der Waals surface area contributed by atoms with Crippen LogP contribution in [0.1, 0.15) is 22.8 Å². The number of Topliss-reactive ketones (excluding diaryl/α,β-unsaturated/α-hetero) is 1. The second-order valence-corrected chi connectivity index (χ2v) is 5.17. The van der Waals surface area contributed by atoms with Crippen LogP contribution in [0, 0.1) is 6.92 Å². The van der Waals surface area contributed by atoms with E-state index in [9.17, 15) is 4.79 Å². The lowest BCUT2D eigenvalue weighted by atomic mass is 10.1. The molecule has 0 fully saturated rings. The van der Waals surface area contributed by atoms with Gasteiger partial charge >= 0.3 is 0 Å². The number of likely N-dealkylation sites (N-methyl/N-ethyl adjacent to an activating group) is 1. The highest BCUT2D eigenvalue weighted by Gasteiger charge is 2.13. The maximum absolute atomic E-state index is 12.4. The number of ketones is 1. The number of aryl methyl sites for hydroxylation is 1. The number of hydrogen-bond acceptors (Lipinski definition) is 2. The molecular formula is C17H18ClNO. The van der Waals surface area contributed by atoms with E-state index in [-0.39, 0.29) is 5.78 Å². The highest BCUT2D eigenvalue weighted by atomic mass is 35.5. The molecule has 2 aromatic carbocycles. The summed E-state index contributed by atoms with van der Waals surface area (Å²) >= 11 is 5.94. The van der Waals surface area contributed by atoms with Gasteiger partial charge < -0.3 is 4.90 Å². The molecule has 0 amide bonds. The van der Waals surface area contributed by atoms with Gasteiger partial charge in [0.1, 0.15) is 0 Å². The molecule has 0 atom stereocenters. The van der Waals surface area contributed by atoms with E-state index in [1.807, 2.05) is 18.2 Å². The van der Waals surface area contributed by atoms with Crippen molar-refractivity contribution in [2.75, 3.05) is 18.0 Å². The average molecular weight is 288 g/mol. The molecule has 0 aromatic heterocycles. The van der Waals surface area contributed by atoms with Crippen molar-refractivity contribution in [3.05, 3.63) is 64.7 Å². The van der Waals surface area contributed by atoms with Crippen LogP contribution in [0.15, 0.2) is 48.5 Å². The first kappa shape index (κ1) is 14.6. The SMILES string of the molecule is CCN(CC(=O)c1cccc(Cl)c1)c1ccccc1C. The minimum Gasteiger partial charge on any atom is -0.364 e. The maximum atomic E-state index is 12.4. The van der Waals surface area contributed by atoms with Crippen molar-refractivity contribution >= 4 is 23.1 Å². The summed E-state index contributed by atoms with van der Waals surface area (Å²) in [5.41, 5.74) is 2.93. The number of rotatable bonds is 5. The summed E-state index contributed by atoms with van der Waals surface area (Å²) in [4.78, 5) is 14.4. The Morgan fingerprint density at radius 3 is 2.55 bits per heavy atom. The lowest BCUT2D eigenvalue weighted by Gasteiger charge is -2.24. The zero-order valence-electron chi connectivity index (χ0n) is 11.8. The van der Waals surface area contributed by atoms with E-state index in [1.165, 1.54) is 5.56 Å². The van der Waals surface area contributed by atoms with Gasteiger partial charge in [-0.1, -0.05) is 41.9 Å². The van der Waals surface area contributed by atoms with Crippen molar-refractivity contribution < 1.29 is 4.79 Å². The van der Waals surface area contributed by atoms with E-state index in [0.717, 1.165) is 12.2 Å². The number of para-hydroxylation sites is 1. The van der Waals surface area contributed by atoms with Gasteiger partial charge in [0, 0.05) is 22.8 Å². The first-order valence-corrected chi connectivity index (χ1v) is 7.09. The molecule has 104 valence electrons. The molecule has 0 heterocycles. The minimum atomic E-state index is 0.0811. The standard InChI is InChI=1S/C17H18ClNO/c1-3-19(16-10-5-4-7-13(16)2)12-17(20)14-8-6-9-15(18)11-14/h4-11H,3,12H2,1-2H3. The third-order valence-corrected chi connectivity index (χ3v) is 3.55. The van der Waals surface area contributed by atoms with Gasteiger partial charge in [0.15, 0.2) is 5.78 Å². The molecule has 2 rings (SSSR count). The van der Waals surface area contributed by atoms with E-state index in [2.05, 4.69) is 24.8 Å². The normalized spacial score (nSPS) is 10.3. The number of carbonyl (C=O) groups is 1. The fourth-order valence-electron chi connectivity index (χ4n) is 2.21. The Hall–Kier alpha value is -1.80. The Kier molecular flexibility index (Phi) is 4.80. The molecule has 0 N–H and O–H groups in total. The molecule has 20 heavy (non-hydrogen) atoms. The molecule has 0 saturated carbocycles. The predicted octanol–water partition coefficient (Wildman–Crippen LogP) is 4.36. The van der Waals surface area contributed by atoms with Gasteiger partial charge in [-0.25, -0.2) is 0 Å². The largest absolute Gasteiger partial charge is 0.364 e. The number of hydrogen-bond donors (Lipinski definition) is 0. The lowest BCUT2D eigenvalue weighted by molar-refractivity contribution is 0.0999. The van der Waals surface area contributed by atoms with Gasteiger partial charge in [-0.3, -0.25) is 4.79 Å². The van der Waals surface area contributed by atoms with Crippen LogP contribution in [0.5, 0.6) is 0 Å². The van der Waals surface area contributed by atoms with Gasteiger partial charge in [-0.15, -0.1) is 0 Å². The topological polar surface area (TPSA) is 20.3 Å². The van der Waals surface area contributed by atoms with Crippen molar-refractivity contribution in [1.29, 1.82) is 0 Å². The van der Waals surface area contributed by atoms with Gasteiger partial charge in [0.05, 0.1) is 6.54 Å². The lowest BCUT2D eigenvalue weighted by Crippen LogP contribution is -2.30. The molecular weight excluding hydrogens is 270 g/mol. The summed E-state index contributed by atoms with van der Waals surface area (Å²) in [5.74, 6) is 0.0811. The zero-order chi connectivity index (χ0) is 14.5. The third kappa shape index (κ3) is 3.40. The summed E-state index contributed by atoms with van der Waals surface area (Å²) in [7, 11) is 0. The van der Waals surface area contributed by atoms with E-state index >= 15 is 0 Å². The average Bonchev–Trinajstić information content (AvgIpc) is 2.45. The number of benzene rings is 2. The molecule has 0 bridgehead atoms. The number of halogens is 1. The molecule has 0 saturated heterocycles. The molecule has 0 aliphatic heterocycles. The Bertz CT molecular complexity index is 609. The Labute approximate surface area is 125 Å². The quantitative estimate of drug-likeness (QED) is 0.762. The fraction of sp³-hybridized carbons (Fsp3) is 0.235. The molecule has 0 unspecified atom stereocenters. The molecule has 3 heteroatoms. The number of carbonyl (C=O) groups excluding carboxylic acids is 1. The number of anilines is 1. The summed E-state index contributed by atoms with van der Waals surface area (Å²) in [6, 6.07) is 15.2. The van der Waals surface area contributed by atoms with Crippen LogP contribution in [-0.4, -0.2) is 18.9 Å². The molecule has 0 radical (unpaired) electrons. The summed E-state index contributed by atoms with van der Waals surface area (Å²) in [6.07, 6.45) is 0. The molecule has 0 aliphatic carbocycles. The predicted molar refractivity (Wildman–Crippen MR) is 84.8 cm³/mol. The Morgan fingerprint density at radius 2 is 1.90 bits per heavy atom. The smallest absolute Gasteiger partial charge is 0.182 e. The fourth-order valence-corrected chi connectivity index (χ4v) is 2.40. The molecule has 0 aliphatic rings. The second kappa shape index (κ2) is 6.58. The first-order chi connectivity index (χ1) is 9.61. The molecule has 0 spiro atoms. The van der Waals surface area contributed by atoms with Crippen LogP contribution in [0.2, 0.25) is 5.02 Å². The Morgan fingerprint density at radius 1 is 1.15 bits per heavy atom. The first-order valence-electron chi connectivity index (χ1n) is 6.71. The van der Waals surface area contributed by atoms with E-state index in [1.54, 1.807) is 24.3 Å². The molecule has 2 aromatic rings. The van der Waals surface area contributed by atoms with Crippen LogP contribution < -0.4 is 4.90 Å². The summed E-state index contributed by atoms with van der Waals surface area (Å²) < 4.78 is 0. The van der Waals surface area contributed by atoms with Crippen LogP contribution >= 0.6 is 11.6 Å². The maximum Gasteiger partial charge on any atom is 0.182 e. The van der Waals surface area contributed by atoms with Gasteiger partial charge in [-0.05, 0) is 37.6 Å². The van der Waals surface area contributed by atoms with E-state index in [0.29, 0.717) is 17.1 Å². The van der Waals surface area contributed by atoms with Gasteiger partial charge in [-0.2, -0.15) is 0 Å². The second-order valence-electron chi connectivity index (χ2n) is 4.73. The monoisotopic (exact) mass is 287 g/mol. The van der Waals surface area contributed by atoms with Crippen molar-refractivity contribution in [3.8, 4) is 0 Å². The highest BCUT2D eigenvalue weighted by Crippen LogP contribution is 2.20. The van der Waals surface area contributed by atoms with Crippen LogP contribution in [0.3, 0.4) is 0 Å². The van der Waals surface area contributed by atoms with Crippen molar-refractivity contribution in [1.82, 2.24) is 0 Å². The van der Waals surface area contributed by atoms with Gasteiger partial charge in [0.25, 0.3) is 0 Å². The Balaban J connectivity index is 2.19. The van der Waals surface area contributed by atoms with Crippen molar-refractivity contribution in [3.63, 3.8) is 0 Å². The molecule has 2 nitrogen and oxygen atoms in total. The zero-order valence-corrected chi connectivity index (χ0v) is 12.5.